The Morgan fingerprint density at radius 1 is 1.25 bits per heavy atom. The predicted octanol–water partition coefficient (Wildman–Crippen LogP) is 2.46. The topological polar surface area (TPSA) is 37.3 Å². The summed E-state index contributed by atoms with van der Waals surface area (Å²) in [5.41, 5.74) is 0. The zero-order chi connectivity index (χ0) is 7.21. The van der Waals surface area contributed by atoms with Crippen LogP contribution in [0.2, 0.25) is 0 Å². The standard InChI is InChI=1S/CH2O2.4ClH.Zn/c2-1-3;;;;;/h1H,(H,2,3);4*1H;/q;;;;;+4/p-4. The Labute approximate surface area is 65.7 Å². The van der Waals surface area contributed by atoms with E-state index in [-0.39, 0.29) is 6.47 Å². The van der Waals surface area contributed by atoms with E-state index in [1.165, 1.54) is 0 Å². The zero-order valence-corrected chi connectivity index (χ0v) is 9.64. The third-order valence-electron chi connectivity index (χ3n) is 0. The Bertz CT molecular complexity index is 53.5. The summed E-state index contributed by atoms with van der Waals surface area (Å²) in [6.07, 6.45) is 0. The number of halogens is 4. The normalized spacial score (nSPS) is 7.00. The molecule has 0 aliphatic carbocycles. The van der Waals surface area contributed by atoms with Gasteiger partial charge in [0.1, 0.15) is 0 Å². The zero-order valence-electron chi connectivity index (χ0n) is 3.65. The molecule has 0 amide bonds. The molecule has 0 aliphatic heterocycles. The van der Waals surface area contributed by atoms with E-state index in [4.69, 9.17) is 48.7 Å². The maximum absolute atomic E-state index is 8.36. The van der Waals surface area contributed by atoms with Crippen molar-refractivity contribution in [3.63, 3.8) is 0 Å². The van der Waals surface area contributed by atoms with Crippen molar-refractivity contribution in [2.45, 2.75) is 0 Å². The first-order chi connectivity index (χ1) is 3.41. The summed E-state index contributed by atoms with van der Waals surface area (Å²) in [7, 11) is 16.8. The molecule has 0 bridgehead atoms. The van der Waals surface area contributed by atoms with Crippen LogP contribution in [0.25, 0.3) is 0 Å². The molecular formula is CH2Cl4O2Zn. The molecule has 8 heavy (non-hydrogen) atoms. The minimum atomic E-state index is -3.36. The molecule has 0 radical (unpaired) electrons. The molecule has 0 atom stereocenters. The van der Waals surface area contributed by atoms with Crippen LogP contribution in [0.5, 0.6) is 0 Å². The Balaban J connectivity index is 0. The number of hydrogen-bond acceptors (Lipinski definition) is 1. The summed E-state index contributed by atoms with van der Waals surface area (Å²) in [4.78, 5) is 8.36. The Morgan fingerprint density at radius 2 is 1.25 bits per heavy atom. The van der Waals surface area contributed by atoms with Gasteiger partial charge in [-0.15, -0.1) is 0 Å². The molecule has 0 saturated heterocycles. The second-order valence-electron chi connectivity index (χ2n) is 0.712. The van der Waals surface area contributed by atoms with Crippen LogP contribution in [0.15, 0.2) is 0 Å². The molecule has 1 N–H and O–H groups in total. The molecular weight excluding hydrogens is 251 g/mol. The second kappa shape index (κ2) is 6.37. The van der Waals surface area contributed by atoms with Crippen molar-refractivity contribution in [2.75, 3.05) is 0 Å². The third kappa shape index (κ3) is 181. The fraction of sp³-hybridized carbons (Fsp3) is 0. The van der Waals surface area contributed by atoms with Crippen molar-refractivity contribution in [1.82, 2.24) is 0 Å². The van der Waals surface area contributed by atoms with E-state index in [1.54, 1.807) is 0 Å². The monoisotopic (exact) mass is 250 g/mol. The van der Waals surface area contributed by atoms with Gasteiger partial charge in [0.25, 0.3) is 6.47 Å². The predicted molar refractivity (Wildman–Crippen MR) is 32.1 cm³/mol. The molecule has 0 aromatic rings. The summed E-state index contributed by atoms with van der Waals surface area (Å²) in [6, 6.07) is 0. The average molecular weight is 253 g/mol. The summed E-state index contributed by atoms with van der Waals surface area (Å²) in [5, 5.41) is 6.89. The quantitative estimate of drug-likeness (QED) is 0.532. The van der Waals surface area contributed by atoms with Gasteiger partial charge < -0.3 is 5.11 Å². The van der Waals surface area contributed by atoms with Crippen LogP contribution in [-0.4, -0.2) is 11.6 Å². The molecule has 0 aromatic carbocycles. The van der Waals surface area contributed by atoms with Crippen molar-refractivity contribution in [3.05, 3.63) is 0 Å². The first kappa shape index (κ1) is 12.0. The average Bonchev–Trinajstić information content (AvgIpc) is 1.27. The van der Waals surface area contributed by atoms with E-state index in [0.717, 1.165) is 0 Å². The van der Waals surface area contributed by atoms with Gasteiger partial charge >= 0.3 is 49.6 Å². The van der Waals surface area contributed by atoms with Gasteiger partial charge in [-0.2, -0.15) is 0 Å². The van der Waals surface area contributed by atoms with Crippen molar-refractivity contribution in [3.8, 4) is 0 Å². The molecule has 7 heteroatoms. The van der Waals surface area contributed by atoms with Gasteiger partial charge in [0.15, 0.2) is 0 Å². The summed E-state index contributed by atoms with van der Waals surface area (Å²) in [6.45, 7) is -0.250. The number of rotatable bonds is 0. The Kier molecular flexibility index (Phi) is 9.55. The van der Waals surface area contributed by atoms with E-state index < -0.39 is 10.8 Å². The van der Waals surface area contributed by atoms with Crippen molar-refractivity contribution < 1.29 is 20.7 Å². The first-order valence-corrected chi connectivity index (χ1v) is 17.2. The molecule has 0 saturated carbocycles. The molecule has 0 fully saturated rings. The van der Waals surface area contributed by atoms with Crippen molar-refractivity contribution >= 4 is 45.2 Å². The molecule has 0 unspecified atom stereocenters. The van der Waals surface area contributed by atoms with E-state index in [9.17, 15) is 0 Å². The van der Waals surface area contributed by atoms with E-state index in [2.05, 4.69) is 0 Å². The second-order valence-corrected chi connectivity index (χ2v) is 28.4. The van der Waals surface area contributed by atoms with E-state index in [1.807, 2.05) is 0 Å². The van der Waals surface area contributed by atoms with Crippen LogP contribution < -0.4 is 0 Å². The SMILES string of the molecule is O=CO.[Cl][Zn]([Cl])([Cl])[Cl]. The third-order valence-corrected chi connectivity index (χ3v) is 0. The van der Waals surface area contributed by atoms with Gasteiger partial charge in [0, 0.05) is 0 Å². The number of carboxylic acid groups (broad SMARTS) is 1. The molecule has 0 heterocycles. The van der Waals surface area contributed by atoms with Crippen LogP contribution in [0.1, 0.15) is 0 Å². The fourth-order valence-electron chi connectivity index (χ4n) is 0. The molecule has 0 aromatic heterocycles. The maximum atomic E-state index is 8.36. The molecule has 2 nitrogen and oxygen atoms in total. The Morgan fingerprint density at radius 3 is 1.25 bits per heavy atom. The van der Waals surface area contributed by atoms with Gasteiger partial charge in [-0.3, -0.25) is 4.79 Å². The summed E-state index contributed by atoms with van der Waals surface area (Å²) in [5.74, 6) is 0. The molecule has 0 spiro atoms. The molecule has 48 valence electrons. The summed E-state index contributed by atoms with van der Waals surface area (Å²) < 4.78 is 0. The van der Waals surface area contributed by atoms with Gasteiger partial charge in [-0.05, 0) is 0 Å². The number of hydrogen-bond donors (Lipinski definition) is 1. The van der Waals surface area contributed by atoms with Gasteiger partial charge in [-0.1, -0.05) is 0 Å². The van der Waals surface area contributed by atoms with Crippen LogP contribution >= 0.6 is 38.8 Å². The fourth-order valence-corrected chi connectivity index (χ4v) is 0. The van der Waals surface area contributed by atoms with Crippen molar-refractivity contribution in [1.29, 1.82) is 0 Å². The van der Waals surface area contributed by atoms with Crippen LogP contribution in [0.4, 0.5) is 0 Å². The van der Waals surface area contributed by atoms with Gasteiger partial charge in [0.2, 0.25) is 0 Å². The Hall–Kier alpha value is 1.25. The van der Waals surface area contributed by atoms with Gasteiger partial charge in [0.05, 0.1) is 0 Å². The van der Waals surface area contributed by atoms with E-state index in [0.29, 0.717) is 0 Å². The molecule has 0 aliphatic rings. The first-order valence-electron chi connectivity index (χ1n) is 1.56. The van der Waals surface area contributed by atoms with Gasteiger partial charge in [-0.25, -0.2) is 0 Å². The summed E-state index contributed by atoms with van der Waals surface area (Å²) >= 11 is 0. The minimum absolute atomic E-state index is 0.250. The van der Waals surface area contributed by atoms with Crippen LogP contribution in [0.3, 0.4) is 0 Å². The number of carbonyl (C=O) groups is 1. The van der Waals surface area contributed by atoms with Crippen molar-refractivity contribution in [2.24, 2.45) is 0 Å². The van der Waals surface area contributed by atoms with E-state index >= 15 is 0 Å². The van der Waals surface area contributed by atoms with Crippen LogP contribution in [0, 0.1) is 0 Å². The molecule has 0 rings (SSSR count). The van der Waals surface area contributed by atoms with Crippen LogP contribution in [-0.2, 0) is 15.6 Å².